The molecule has 0 bridgehead atoms. The highest BCUT2D eigenvalue weighted by Crippen LogP contribution is 2.26. The molecule has 0 spiro atoms. The molecule has 0 radical (unpaired) electrons. The Bertz CT molecular complexity index is 1010. The molecule has 0 fully saturated rings. The quantitative estimate of drug-likeness (QED) is 0.753. The Morgan fingerprint density at radius 2 is 2.00 bits per heavy atom. The number of nitrogens with zero attached hydrogens (tertiary/aromatic N) is 1. The van der Waals surface area contributed by atoms with Crippen LogP contribution in [-0.2, 0) is 18.4 Å². The molecule has 0 saturated carbocycles. The predicted octanol–water partition coefficient (Wildman–Crippen LogP) is 3.31. The molecule has 136 valence electrons. The van der Waals surface area contributed by atoms with Crippen molar-refractivity contribution in [2.75, 3.05) is 0 Å². The summed E-state index contributed by atoms with van der Waals surface area (Å²) in [6.07, 6.45) is 0.567. The maximum atomic E-state index is 12.4. The molecule has 0 atom stereocenters. The van der Waals surface area contributed by atoms with Crippen molar-refractivity contribution >= 4 is 17.0 Å². The van der Waals surface area contributed by atoms with Gasteiger partial charge in [-0.05, 0) is 35.6 Å². The number of fused-ring (bicyclic) bond motifs is 1. The van der Waals surface area contributed by atoms with Gasteiger partial charge in [0.05, 0.1) is 12.1 Å². The zero-order valence-electron chi connectivity index (χ0n) is 15.5. The predicted molar refractivity (Wildman–Crippen MR) is 100 cm³/mol. The van der Waals surface area contributed by atoms with Gasteiger partial charge >= 0.3 is 0 Å². The number of carbonyl (C=O) groups excluding carboxylic acids is 1. The number of nitrogens with one attached hydrogen (secondary N) is 2. The molecule has 0 unspecified atom stereocenters. The Labute approximate surface area is 151 Å². The number of benzene rings is 1. The van der Waals surface area contributed by atoms with E-state index in [9.17, 15) is 9.59 Å². The number of pyridine rings is 1. The van der Waals surface area contributed by atoms with Crippen molar-refractivity contribution in [1.29, 1.82) is 0 Å². The molecule has 1 amide bonds. The highest BCUT2D eigenvalue weighted by molar-refractivity contribution is 5.95. The summed E-state index contributed by atoms with van der Waals surface area (Å²) in [5.74, 6) is 0.178. The first-order valence-electron chi connectivity index (χ1n) is 8.68. The van der Waals surface area contributed by atoms with E-state index in [1.54, 1.807) is 0 Å². The average molecular weight is 353 g/mol. The third-order valence-electron chi connectivity index (χ3n) is 4.30. The lowest BCUT2D eigenvalue weighted by atomic mass is 9.87. The van der Waals surface area contributed by atoms with Crippen molar-refractivity contribution in [3.05, 3.63) is 63.4 Å². The van der Waals surface area contributed by atoms with Gasteiger partial charge in [0, 0.05) is 11.8 Å². The molecule has 2 N–H and O–H groups in total. The number of H-pyrrole nitrogens is 1. The fourth-order valence-electron chi connectivity index (χ4n) is 2.78. The van der Waals surface area contributed by atoms with Crippen LogP contribution in [0.1, 0.15) is 55.2 Å². The van der Waals surface area contributed by atoms with E-state index < -0.39 is 0 Å². The highest BCUT2D eigenvalue weighted by atomic mass is 16.3. The molecule has 0 aliphatic heterocycles. The molecule has 6 heteroatoms. The van der Waals surface area contributed by atoms with Crippen LogP contribution in [0.25, 0.3) is 11.1 Å². The van der Waals surface area contributed by atoms with Crippen molar-refractivity contribution in [1.82, 2.24) is 15.3 Å². The van der Waals surface area contributed by atoms with E-state index in [0.717, 1.165) is 5.52 Å². The normalized spacial score (nSPS) is 11.7. The molecule has 2 heterocycles. The van der Waals surface area contributed by atoms with Crippen LogP contribution in [0.2, 0.25) is 0 Å². The Morgan fingerprint density at radius 1 is 1.23 bits per heavy atom. The van der Waals surface area contributed by atoms with Crippen molar-refractivity contribution in [3.63, 3.8) is 0 Å². The lowest BCUT2D eigenvalue weighted by Gasteiger charge is -2.18. The van der Waals surface area contributed by atoms with Crippen LogP contribution in [0.15, 0.2) is 39.5 Å². The third-order valence-corrected chi connectivity index (χ3v) is 4.30. The van der Waals surface area contributed by atoms with Crippen LogP contribution >= 0.6 is 0 Å². The number of carbonyl (C=O) groups is 1. The van der Waals surface area contributed by atoms with Crippen LogP contribution in [0, 0.1) is 0 Å². The molecule has 0 saturated heterocycles. The van der Waals surface area contributed by atoms with Gasteiger partial charge in [0.15, 0.2) is 5.58 Å². The average Bonchev–Trinajstić information content (AvgIpc) is 3.00. The number of rotatable bonds is 4. The largest absolute Gasteiger partial charge is 0.439 e. The van der Waals surface area contributed by atoms with Crippen LogP contribution in [0.4, 0.5) is 0 Å². The summed E-state index contributed by atoms with van der Waals surface area (Å²) in [5, 5.41) is 2.80. The van der Waals surface area contributed by atoms with Gasteiger partial charge in [0.25, 0.3) is 5.91 Å². The van der Waals surface area contributed by atoms with Crippen molar-refractivity contribution in [2.24, 2.45) is 0 Å². The molecular formula is C20H23N3O3. The molecule has 0 aliphatic rings. The topological polar surface area (TPSA) is 88.0 Å². The fraction of sp³-hybridized carbons (Fsp3) is 0.350. The number of amides is 1. The molecule has 2 aromatic heterocycles. The number of aromatic nitrogens is 2. The second-order valence-electron chi connectivity index (χ2n) is 7.29. The molecule has 0 aliphatic carbocycles. The summed E-state index contributed by atoms with van der Waals surface area (Å²) in [4.78, 5) is 31.0. The summed E-state index contributed by atoms with van der Waals surface area (Å²) in [7, 11) is 0. The van der Waals surface area contributed by atoms with Crippen molar-refractivity contribution < 1.29 is 9.21 Å². The minimum absolute atomic E-state index is 0.0301. The van der Waals surface area contributed by atoms with Gasteiger partial charge in [-0.2, -0.15) is 0 Å². The number of aromatic amines is 1. The van der Waals surface area contributed by atoms with Crippen LogP contribution in [0.3, 0.4) is 0 Å². The Hall–Kier alpha value is -2.89. The summed E-state index contributed by atoms with van der Waals surface area (Å²) >= 11 is 0. The Kier molecular flexibility index (Phi) is 4.68. The molecule has 3 aromatic rings. The van der Waals surface area contributed by atoms with E-state index in [1.165, 1.54) is 17.7 Å². The van der Waals surface area contributed by atoms with Gasteiger partial charge in [0.1, 0.15) is 5.52 Å². The zero-order chi connectivity index (χ0) is 18.9. The van der Waals surface area contributed by atoms with Crippen molar-refractivity contribution in [3.8, 4) is 0 Å². The second-order valence-corrected chi connectivity index (χ2v) is 7.29. The van der Waals surface area contributed by atoms with E-state index in [0.29, 0.717) is 29.2 Å². The Balaban J connectivity index is 1.77. The van der Waals surface area contributed by atoms with Crippen LogP contribution in [0.5, 0.6) is 0 Å². The summed E-state index contributed by atoms with van der Waals surface area (Å²) < 4.78 is 5.71. The number of hydrogen-bond acceptors (Lipinski definition) is 4. The highest BCUT2D eigenvalue weighted by Gasteiger charge is 2.16. The maximum absolute atomic E-state index is 12.4. The standard InChI is InChI=1S/C20H23N3O3/c1-5-14-13(7-9-17(24)22-14)19(25)21-11-18-23-15-10-12(20(2,3)4)6-8-16(15)26-18/h6-10H,5,11H2,1-4H3,(H,21,25)(H,22,24). The molecule has 6 nitrogen and oxygen atoms in total. The zero-order valence-corrected chi connectivity index (χ0v) is 15.5. The van der Waals surface area contributed by atoms with E-state index in [4.69, 9.17) is 4.42 Å². The van der Waals surface area contributed by atoms with Gasteiger partial charge in [-0.1, -0.05) is 33.8 Å². The van der Waals surface area contributed by atoms with Gasteiger partial charge < -0.3 is 14.7 Å². The van der Waals surface area contributed by atoms with E-state index in [2.05, 4.69) is 36.1 Å². The van der Waals surface area contributed by atoms with Crippen LogP contribution < -0.4 is 10.9 Å². The smallest absolute Gasteiger partial charge is 0.253 e. The van der Waals surface area contributed by atoms with Gasteiger partial charge in [-0.15, -0.1) is 0 Å². The minimum atomic E-state index is -0.268. The summed E-state index contributed by atoms with van der Waals surface area (Å²) in [5.41, 5.74) is 3.53. The van der Waals surface area contributed by atoms with Gasteiger partial charge in [-0.3, -0.25) is 9.59 Å². The lowest BCUT2D eigenvalue weighted by molar-refractivity contribution is 0.0946. The van der Waals surface area contributed by atoms with Gasteiger partial charge in [-0.25, -0.2) is 4.98 Å². The van der Waals surface area contributed by atoms with E-state index >= 15 is 0 Å². The lowest BCUT2D eigenvalue weighted by Crippen LogP contribution is -2.25. The first-order chi connectivity index (χ1) is 12.3. The molecular weight excluding hydrogens is 330 g/mol. The summed E-state index contributed by atoms with van der Waals surface area (Å²) in [6, 6.07) is 8.84. The first-order valence-corrected chi connectivity index (χ1v) is 8.68. The second kappa shape index (κ2) is 6.78. The number of oxazole rings is 1. The monoisotopic (exact) mass is 353 g/mol. The molecule has 26 heavy (non-hydrogen) atoms. The van der Waals surface area contributed by atoms with E-state index in [1.807, 2.05) is 25.1 Å². The van der Waals surface area contributed by atoms with Gasteiger partial charge in [0.2, 0.25) is 11.4 Å². The fourth-order valence-corrected chi connectivity index (χ4v) is 2.78. The summed E-state index contributed by atoms with van der Waals surface area (Å²) in [6.45, 7) is 8.50. The van der Waals surface area contributed by atoms with Crippen molar-refractivity contribution in [2.45, 2.75) is 46.1 Å². The molecule has 1 aromatic carbocycles. The van der Waals surface area contributed by atoms with E-state index in [-0.39, 0.29) is 23.4 Å². The molecule has 3 rings (SSSR count). The van der Waals surface area contributed by atoms with Crippen LogP contribution in [-0.4, -0.2) is 15.9 Å². The Morgan fingerprint density at radius 3 is 2.69 bits per heavy atom. The number of aryl methyl sites for hydroxylation is 1. The maximum Gasteiger partial charge on any atom is 0.253 e. The third kappa shape index (κ3) is 3.69. The first kappa shape index (κ1) is 17.9. The SMILES string of the molecule is CCc1[nH]c(=O)ccc1C(=O)NCc1nc2cc(C(C)(C)C)ccc2o1. The number of hydrogen-bond donors (Lipinski definition) is 2. The minimum Gasteiger partial charge on any atom is -0.439 e.